The minimum atomic E-state index is -0.163. The Morgan fingerprint density at radius 2 is 1.92 bits per heavy atom. The number of hydrogen-bond donors (Lipinski definition) is 2. The molecule has 7 nitrogen and oxygen atoms in total. The van der Waals surface area contributed by atoms with E-state index in [2.05, 4.69) is 17.6 Å². The number of urea groups is 1. The van der Waals surface area contributed by atoms with E-state index in [1.54, 1.807) is 37.3 Å². The number of likely N-dealkylation sites (tertiary alicyclic amines) is 1. The van der Waals surface area contributed by atoms with Gasteiger partial charge in [-0.2, -0.15) is 0 Å². The number of nitrogens with zero attached hydrogens (tertiary/aromatic N) is 1. The molecule has 1 aliphatic heterocycles. The molecule has 26 heavy (non-hydrogen) atoms. The quantitative estimate of drug-likeness (QED) is 0.780. The van der Waals surface area contributed by atoms with E-state index in [-0.39, 0.29) is 18.0 Å². The van der Waals surface area contributed by atoms with Crippen LogP contribution in [0.3, 0.4) is 0 Å². The van der Waals surface area contributed by atoms with Gasteiger partial charge in [0, 0.05) is 31.6 Å². The van der Waals surface area contributed by atoms with E-state index >= 15 is 0 Å². The Bertz CT molecular complexity index is 613. The number of nitrogens with one attached hydrogen (secondary N) is 2. The molecule has 1 aliphatic rings. The highest BCUT2D eigenvalue weighted by Gasteiger charge is 2.24. The van der Waals surface area contributed by atoms with Gasteiger partial charge in [0.25, 0.3) is 0 Å². The van der Waals surface area contributed by atoms with Crippen LogP contribution in [-0.2, 0) is 4.79 Å². The topological polar surface area (TPSA) is 79.9 Å². The van der Waals surface area contributed by atoms with Crippen molar-refractivity contribution in [3.8, 4) is 11.5 Å². The molecule has 3 amide bonds. The van der Waals surface area contributed by atoms with Crippen molar-refractivity contribution in [2.75, 3.05) is 32.6 Å². The van der Waals surface area contributed by atoms with Gasteiger partial charge >= 0.3 is 6.03 Å². The highest BCUT2D eigenvalue weighted by molar-refractivity contribution is 5.91. The Hall–Kier alpha value is -2.44. The number of piperidine rings is 1. The minimum Gasteiger partial charge on any atom is -0.497 e. The Balaban J connectivity index is 1.84. The van der Waals surface area contributed by atoms with Crippen LogP contribution < -0.4 is 20.1 Å². The summed E-state index contributed by atoms with van der Waals surface area (Å²) in [5, 5.41) is 5.95. The number of methoxy groups -OCH3 is 2. The maximum atomic E-state index is 12.5. The molecule has 2 N–H and O–H groups in total. The molecule has 0 saturated carbocycles. The van der Waals surface area contributed by atoms with Crippen molar-refractivity contribution in [2.24, 2.45) is 0 Å². The number of carbonyl (C=O) groups is 2. The minimum absolute atomic E-state index is 0.109. The molecule has 1 aromatic rings. The summed E-state index contributed by atoms with van der Waals surface area (Å²) < 4.78 is 10.5. The molecule has 2 rings (SSSR count). The molecule has 0 unspecified atom stereocenters. The summed E-state index contributed by atoms with van der Waals surface area (Å²) in [6.45, 7) is 3.30. The molecule has 1 aromatic carbocycles. The number of benzene rings is 1. The van der Waals surface area contributed by atoms with Gasteiger partial charge in [0.05, 0.1) is 19.9 Å². The maximum Gasteiger partial charge on any atom is 0.321 e. The molecule has 1 saturated heterocycles. The van der Waals surface area contributed by atoms with E-state index < -0.39 is 0 Å². The van der Waals surface area contributed by atoms with Crippen LogP contribution in [0.5, 0.6) is 11.5 Å². The van der Waals surface area contributed by atoms with Gasteiger partial charge in [-0.05, 0) is 31.4 Å². The molecule has 0 atom stereocenters. The lowest BCUT2D eigenvalue weighted by Crippen LogP contribution is -2.47. The van der Waals surface area contributed by atoms with Gasteiger partial charge in [0.15, 0.2) is 0 Å². The van der Waals surface area contributed by atoms with Crippen LogP contribution in [-0.4, -0.2) is 50.2 Å². The molecule has 0 aromatic heterocycles. The first-order valence-corrected chi connectivity index (χ1v) is 9.14. The number of ether oxygens (including phenoxy) is 2. The number of anilines is 1. The summed E-state index contributed by atoms with van der Waals surface area (Å²) in [4.78, 5) is 26.1. The largest absolute Gasteiger partial charge is 0.497 e. The van der Waals surface area contributed by atoms with Crippen LogP contribution in [0, 0.1) is 0 Å². The zero-order valence-corrected chi connectivity index (χ0v) is 15.8. The SMILES string of the molecule is CCCCC(=O)NC1CCN(C(=O)Nc2ccc(OC)cc2OC)CC1. The number of unbranched alkanes of at least 4 members (excludes halogenated alkanes) is 1. The standard InChI is InChI=1S/C19H29N3O4/c1-4-5-6-18(23)20-14-9-11-22(12-10-14)19(24)21-16-8-7-15(25-2)13-17(16)26-3/h7-8,13-14H,4-6,9-12H2,1-3H3,(H,20,23)(H,21,24). The van der Waals surface area contributed by atoms with Crippen LogP contribution >= 0.6 is 0 Å². The van der Waals surface area contributed by atoms with Gasteiger partial charge in [0.2, 0.25) is 5.91 Å². The molecule has 0 aliphatic carbocycles. The van der Waals surface area contributed by atoms with Crippen molar-refractivity contribution in [2.45, 2.75) is 45.1 Å². The Morgan fingerprint density at radius 1 is 1.19 bits per heavy atom. The Kier molecular flexibility index (Phi) is 7.56. The summed E-state index contributed by atoms with van der Waals surface area (Å²) in [6, 6.07) is 5.25. The van der Waals surface area contributed by atoms with Crippen molar-refractivity contribution >= 4 is 17.6 Å². The summed E-state index contributed by atoms with van der Waals surface area (Å²) >= 11 is 0. The molecule has 7 heteroatoms. The summed E-state index contributed by atoms with van der Waals surface area (Å²) in [5.41, 5.74) is 0.605. The first-order chi connectivity index (χ1) is 12.6. The van der Waals surface area contributed by atoms with Crippen LogP contribution in [0.1, 0.15) is 39.0 Å². The number of amides is 3. The second-order valence-corrected chi connectivity index (χ2v) is 6.43. The molecule has 0 bridgehead atoms. The van der Waals surface area contributed by atoms with Crippen LogP contribution in [0.4, 0.5) is 10.5 Å². The van der Waals surface area contributed by atoms with Crippen molar-refractivity contribution < 1.29 is 19.1 Å². The molecule has 0 spiro atoms. The van der Waals surface area contributed by atoms with Crippen LogP contribution in [0.15, 0.2) is 18.2 Å². The van der Waals surface area contributed by atoms with Crippen molar-refractivity contribution in [1.29, 1.82) is 0 Å². The molecular weight excluding hydrogens is 334 g/mol. The predicted molar refractivity (Wildman–Crippen MR) is 101 cm³/mol. The molecular formula is C19H29N3O4. The van der Waals surface area contributed by atoms with Gasteiger partial charge in [0.1, 0.15) is 11.5 Å². The van der Waals surface area contributed by atoms with Crippen LogP contribution in [0.25, 0.3) is 0 Å². The predicted octanol–water partition coefficient (Wildman–Crippen LogP) is 3.01. The van der Waals surface area contributed by atoms with E-state index in [1.165, 1.54) is 0 Å². The van der Waals surface area contributed by atoms with Gasteiger partial charge < -0.3 is 25.0 Å². The average molecular weight is 363 g/mol. The molecule has 1 heterocycles. The fourth-order valence-electron chi connectivity index (χ4n) is 2.96. The zero-order chi connectivity index (χ0) is 18.9. The van der Waals surface area contributed by atoms with Gasteiger partial charge in [-0.25, -0.2) is 4.79 Å². The third kappa shape index (κ3) is 5.54. The van der Waals surface area contributed by atoms with E-state index in [4.69, 9.17) is 9.47 Å². The first kappa shape index (κ1) is 19.9. The zero-order valence-electron chi connectivity index (χ0n) is 15.8. The summed E-state index contributed by atoms with van der Waals surface area (Å²) in [7, 11) is 3.13. The van der Waals surface area contributed by atoms with E-state index in [9.17, 15) is 9.59 Å². The highest BCUT2D eigenvalue weighted by Crippen LogP contribution is 2.29. The Labute approximate surface area is 155 Å². The second-order valence-electron chi connectivity index (χ2n) is 6.43. The lowest BCUT2D eigenvalue weighted by atomic mass is 10.0. The number of hydrogen-bond acceptors (Lipinski definition) is 4. The van der Waals surface area contributed by atoms with E-state index in [0.717, 1.165) is 25.7 Å². The second kappa shape index (κ2) is 9.89. The number of carbonyl (C=O) groups excluding carboxylic acids is 2. The highest BCUT2D eigenvalue weighted by atomic mass is 16.5. The first-order valence-electron chi connectivity index (χ1n) is 9.14. The average Bonchev–Trinajstić information content (AvgIpc) is 2.67. The monoisotopic (exact) mass is 363 g/mol. The van der Waals surface area contributed by atoms with Gasteiger partial charge in [-0.3, -0.25) is 4.79 Å². The van der Waals surface area contributed by atoms with Gasteiger partial charge in [-0.15, -0.1) is 0 Å². The van der Waals surface area contributed by atoms with E-state index in [0.29, 0.717) is 36.7 Å². The third-order valence-electron chi connectivity index (χ3n) is 4.55. The molecule has 144 valence electrons. The fraction of sp³-hybridized carbons (Fsp3) is 0.579. The van der Waals surface area contributed by atoms with Gasteiger partial charge in [-0.1, -0.05) is 13.3 Å². The lowest BCUT2D eigenvalue weighted by Gasteiger charge is -2.32. The maximum absolute atomic E-state index is 12.5. The fourth-order valence-corrected chi connectivity index (χ4v) is 2.96. The third-order valence-corrected chi connectivity index (χ3v) is 4.55. The Morgan fingerprint density at radius 3 is 2.54 bits per heavy atom. The number of rotatable bonds is 7. The van der Waals surface area contributed by atoms with E-state index in [1.807, 2.05) is 0 Å². The van der Waals surface area contributed by atoms with Crippen molar-refractivity contribution in [1.82, 2.24) is 10.2 Å². The lowest BCUT2D eigenvalue weighted by molar-refractivity contribution is -0.122. The molecule has 0 radical (unpaired) electrons. The smallest absolute Gasteiger partial charge is 0.321 e. The summed E-state index contributed by atoms with van der Waals surface area (Å²) in [6.07, 6.45) is 4.04. The van der Waals surface area contributed by atoms with Crippen molar-refractivity contribution in [3.63, 3.8) is 0 Å². The van der Waals surface area contributed by atoms with Crippen molar-refractivity contribution in [3.05, 3.63) is 18.2 Å². The normalized spacial score (nSPS) is 14.7. The van der Waals surface area contributed by atoms with Crippen LogP contribution in [0.2, 0.25) is 0 Å². The summed E-state index contributed by atoms with van der Waals surface area (Å²) in [5.74, 6) is 1.33. The molecule has 1 fully saturated rings.